The van der Waals surface area contributed by atoms with Gasteiger partial charge in [-0.05, 0) is 19.1 Å². The quantitative estimate of drug-likeness (QED) is 0.753. The van der Waals surface area contributed by atoms with Crippen LogP contribution in [0.4, 0.5) is 5.69 Å². The largest absolute Gasteiger partial charge is 0.395 e. The summed E-state index contributed by atoms with van der Waals surface area (Å²) in [6.07, 6.45) is 1.18. The van der Waals surface area contributed by atoms with Gasteiger partial charge < -0.3 is 10.8 Å². The van der Waals surface area contributed by atoms with E-state index in [2.05, 4.69) is 5.10 Å². The summed E-state index contributed by atoms with van der Waals surface area (Å²) < 4.78 is 1.66. The molecule has 0 amide bonds. The molecular formula is C9H12ClN3O. The summed E-state index contributed by atoms with van der Waals surface area (Å²) in [7, 11) is 0. The zero-order valence-corrected chi connectivity index (χ0v) is 8.53. The van der Waals surface area contributed by atoms with E-state index in [-0.39, 0.29) is 12.4 Å². The lowest BCUT2D eigenvalue weighted by Crippen LogP contribution is -1.96. The lowest BCUT2D eigenvalue weighted by molar-refractivity contribution is 0.194. The van der Waals surface area contributed by atoms with E-state index in [0.29, 0.717) is 11.4 Å². The van der Waals surface area contributed by atoms with Crippen LogP contribution < -0.4 is 5.73 Å². The molecule has 76 valence electrons. The van der Waals surface area contributed by atoms with Gasteiger partial charge in [-0.1, -0.05) is 6.07 Å². The number of hydrogen-bond acceptors (Lipinski definition) is 3. The number of pyridine rings is 1. The maximum Gasteiger partial charge on any atom is 0.115 e. The average Bonchev–Trinajstić information content (AvgIpc) is 2.45. The first kappa shape index (κ1) is 10.8. The Hall–Kier alpha value is -1.26. The number of rotatable bonds is 1. The molecule has 3 N–H and O–H groups in total. The molecule has 0 aliphatic heterocycles. The fourth-order valence-electron chi connectivity index (χ4n) is 1.34. The van der Waals surface area contributed by atoms with E-state index >= 15 is 0 Å². The van der Waals surface area contributed by atoms with Gasteiger partial charge in [0.15, 0.2) is 0 Å². The predicted molar refractivity (Wildman–Crippen MR) is 57.5 cm³/mol. The number of nitrogens with two attached hydrogens (primary N) is 1. The number of aliphatic hydroxyl groups is 1. The van der Waals surface area contributed by atoms with Crippen molar-refractivity contribution in [1.82, 2.24) is 9.61 Å². The lowest BCUT2D eigenvalue weighted by atomic mass is 10.2. The third kappa shape index (κ3) is 1.54. The summed E-state index contributed by atoms with van der Waals surface area (Å²) in [6, 6.07) is 5.62. The van der Waals surface area contributed by atoms with Gasteiger partial charge >= 0.3 is 0 Å². The second-order valence-electron chi connectivity index (χ2n) is 3.01. The normalized spacial score (nSPS) is 12.4. The monoisotopic (exact) mass is 213 g/mol. The molecule has 2 heterocycles. The van der Waals surface area contributed by atoms with E-state index in [4.69, 9.17) is 5.73 Å². The average molecular weight is 214 g/mol. The molecule has 0 radical (unpaired) electrons. The van der Waals surface area contributed by atoms with Gasteiger partial charge in [-0.3, -0.25) is 0 Å². The van der Waals surface area contributed by atoms with Crippen LogP contribution in [0.3, 0.4) is 0 Å². The van der Waals surface area contributed by atoms with Crippen LogP contribution in [0.5, 0.6) is 0 Å². The minimum atomic E-state index is -0.625. The predicted octanol–water partition coefficient (Wildman–Crippen LogP) is 1.39. The number of aromatic nitrogens is 2. The van der Waals surface area contributed by atoms with Crippen LogP contribution in [0.2, 0.25) is 0 Å². The second kappa shape index (κ2) is 3.86. The standard InChI is InChI=1S/C9H11N3O.ClH/c1-6(13)9-8(10)7-4-2-3-5-12(7)11-9;/h2-6,13H,10H2,1H3;1H/t6-;/m1./s1. The van der Waals surface area contributed by atoms with Gasteiger partial charge in [0.1, 0.15) is 5.69 Å². The molecule has 2 aromatic rings. The maximum atomic E-state index is 9.35. The minimum Gasteiger partial charge on any atom is -0.395 e. The summed E-state index contributed by atoms with van der Waals surface area (Å²) in [5.41, 5.74) is 7.71. The molecule has 2 aromatic heterocycles. The Bertz CT molecular complexity index is 439. The molecule has 0 aliphatic carbocycles. The van der Waals surface area contributed by atoms with Crippen molar-refractivity contribution < 1.29 is 5.11 Å². The zero-order chi connectivity index (χ0) is 9.42. The van der Waals surface area contributed by atoms with Crippen molar-refractivity contribution in [3.63, 3.8) is 0 Å². The van der Waals surface area contributed by atoms with Crippen molar-refractivity contribution in [3.05, 3.63) is 30.1 Å². The van der Waals surface area contributed by atoms with Crippen molar-refractivity contribution in [2.24, 2.45) is 0 Å². The van der Waals surface area contributed by atoms with Crippen LogP contribution in [0, 0.1) is 0 Å². The Balaban J connectivity index is 0.000000980. The smallest absolute Gasteiger partial charge is 0.115 e. The Kier molecular flexibility index (Phi) is 2.98. The molecule has 0 aliphatic rings. The fourth-order valence-corrected chi connectivity index (χ4v) is 1.34. The highest BCUT2D eigenvalue weighted by Gasteiger charge is 2.12. The SMILES string of the molecule is C[C@@H](O)c1nn2ccccc2c1N.Cl. The number of nitrogens with zero attached hydrogens (tertiary/aromatic N) is 2. The summed E-state index contributed by atoms with van der Waals surface area (Å²) >= 11 is 0. The van der Waals surface area contributed by atoms with Crippen LogP contribution in [0.25, 0.3) is 5.52 Å². The van der Waals surface area contributed by atoms with E-state index in [9.17, 15) is 5.11 Å². The molecule has 0 saturated heterocycles. The minimum absolute atomic E-state index is 0. The van der Waals surface area contributed by atoms with Crippen LogP contribution in [-0.2, 0) is 0 Å². The number of aliphatic hydroxyl groups excluding tert-OH is 1. The Morgan fingerprint density at radius 3 is 2.79 bits per heavy atom. The van der Waals surface area contributed by atoms with Gasteiger partial charge in [-0.2, -0.15) is 5.10 Å². The van der Waals surface area contributed by atoms with Gasteiger partial charge in [0, 0.05) is 6.20 Å². The number of anilines is 1. The van der Waals surface area contributed by atoms with Crippen molar-refractivity contribution in [2.75, 3.05) is 5.73 Å². The molecule has 2 rings (SSSR count). The van der Waals surface area contributed by atoms with Crippen LogP contribution >= 0.6 is 12.4 Å². The summed E-state index contributed by atoms with van der Waals surface area (Å²) in [5.74, 6) is 0. The summed E-state index contributed by atoms with van der Waals surface area (Å²) in [6.45, 7) is 1.65. The molecule has 0 spiro atoms. The van der Waals surface area contributed by atoms with Gasteiger partial charge in [0.2, 0.25) is 0 Å². The number of nitrogen functional groups attached to an aromatic ring is 1. The van der Waals surface area contributed by atoms with E-state index in [0.717, 1.165) is 5.52 Å². The molecular weight excluding hydrogens is 202 g/mol. The van der Waals surface area contributed by atoms with Crippen molar-refractivity contribution in [2.45, 2.75) is 13.0 Å². The number of halogens is 1. The zero-order valence-electron chi connectivity index (χ0n) is 7.71. The first-order chi connectivity index (χ1) is 6.20. The van der Waals surface area contributed by atoms with Crippen molar-refractivity contribution in [3.8, 4) is 0 Å². The van der Waals surface area contributed by atoms with Gasteiger partial charge in [0.25, 0.3) is 0 Å². The van der Waals surface area contributed by atoms with Crippen LogP contribution in [0.15, 0.2) is 24.4 Å². The molecule has 14 heavy (non-hydrogen) atoms. The Morgan fingerprint density at radius 1 is 1.50 bits per heavy atom. The van der Waals surface area contributed by atoms with E-state index < -0.39 is 6.10 Å². The van der Waals surface area contributed by atoms with E-state index in [1.807, 2.05) is 18.2 Å². The molecule has 5 heteroatoms. The molecule has 0 saturated carbocycles. The Labute approximate surface area is 87.8 Å². The summed E-state index contributed by atoms with van der Waals surface area (Å²) in [4.78, 5) is 0. The van der Waals surface area contributed by atoms with Crippen LogP contribution in [0.1, 0.15) is 18.7 Å². The molecule has 0 bridgehead atoms. The van der Waals surface area contributed by atoms with Gasteiger partial charge in [-0.15, -0.1) is 12.4 Å². The van der Waals surface area contributed by atoms with E-state index in [1.165, 1.54) is 0 Å². The molecule has 1 atom stereocenters. The Morgan fingerprint density at radius 2 is 2.21 bits per heavy atom. The highest BCUT2D eigenvalue weighted by Crippen LogP contribution is 2.22. The highest BCUT2D eigenvalue weighted by molar-refractivity contribution is 5.85. The number of hydrogen-bond donors (Lipinski definition) is 2. The summed E-state index contributed by atoms with van der Waals surface area (Å²) in [5, 5.41) is 13.5. The third-order valence-corrected chi connectivity index (χ3v) is 2.00. The van der Waals surface area contributed by atoms with Crippen molar-refractivity contribution >= 4 is 23.6 Å². The first-order valence-electron chi connectivity index (χ1n) is 4.11. The first-order valence-corrected chi connectivity index (χ1v) is 4.11. The molecule has 0 fully saturated rings. The fraction of sp³-hybridized carbons (Fsp3) is 0.222. The molecule has 0 unspecified atom stereocenters. The van der Waals surface area contributed by atoms with E-state index in [1.54, 1.807) is 17.6 Å². The van der Waals surface area contributed by atoms with Gasteiger partial charge in [-0.25, -0.2) is 4.52 Å². The van der Waals surface area contributed by atoms with Crippen molar-refractivity contribution in [1.29, 1.82) is 0 Å². The highest BCUT2D eigenvalue weighted by atomic mass is 35.5. The molecule has 0 aromatic carbocycles. The van der Waals surface area contributed by atoms with Gasteiger partial charge in [0.05, 0.1) is 17.3 Å². The molecule has 4 nitrogen and oxygen atoms in total. The lowest BCUT2D eigenvalue weighted by Gasteiger charge is -1.98. The second-order valence-corrected chi connectivity index (χ2v) is 3.01. The van der Waals surface area contributed by atoms with Crippen LogP contribution in [-0.4, -0.2) is 14.7 Å². The third-order valence-electron chi connectivity index (χ3n) is 2.00. The topological polar surface area (TPSA) is 63.5 Å². The number of fused-ring (bicyclic) bond motifs is 1. The maximum absolute atomic E-state index is 9.35.